The normalized spacial score (nSPS) is 11.9. The molecule has 31 heavy (non-hydrogen) atoms. The Morgan fingerprint density at radius 2 is 1.77 bits per heavy atom. The average Bonchev–Trinajstić information content (AvgIpc) is 2.74. The van der Waals surface area contributed by atoms with E-state index < -0.39 is 24.5 Å². The molecule has 1 heterocycles. The minimum Gasteiger partial charge on any atom is -0.493 e. The van der Waals surface area contributed by atoms with E-state index >= 15 is 0 Å². The summed E-state index contributed by atoms with van der Waals surface area (Å²) in [5.41, 5.74) is 2.44. The van der Waals surface area contributed by atoms with Crippen LogP contribution >= 0.6 is 0 Å². The van der Waals surface area contributed by atoms with Crippen molar-refractivity contribution in [2.45, 2.75) is 20.3 Å². The molecular formula is C22H24N2O7. The molecule has 9 nitrogen and oxygen atoms in total. The highest BCUT2D eigenvalue weighted by atomic mass is 16.6. The predicted octanol–water partition coefficient (Wildman–Crippen LogP) is 2.74. The van der Waals surface area contributed by atoms with Gasteiger partial charge in [-0.2, -0.15) is 0 Å². The summed E-state index contributed by atoms with van der Waals surface area (Å²) in [6.45, 7) is 4.29. The second kappa shape index (κ2) is 10.3. The van der Waals surface area contributed by atoms with Gasteiger partial charge < -0.3 is 24.3 Å². The highest BCUT2D eigenvalue weighted by Gasteiger charge is 2.15. The zero-order valence-electron chi connectivity index (χ0n) is 17.4. The van der Waals surface area contributed by atoms with Crippen molar-refractivity contribution in [3.8, 4) is 17.2 Å². The Labute approximate surface area is 179 Å². The van der Waals surface area contributed by atoms with Gasteiger partial charge >= 0.3 is 12.0 Å². The van der Waals surface area contributed by atoms with Gasteiger partial charge in [0.15, 0.2) is 18.1 Å². The van der Waals surface area contributed by atoms with Crippen LogP contribution in [0.3, 0.4) is 0 Å². The van der Waals surface area contributed by atoms with Crippen molar-refractivity contribution < 1.29 is 33.3 Å². The molecule has 0 unspecified atom stereocenters. The third-order valence-corrected chi connectivity index (χ3v) is 4.32. The van der Waals surface area contributed by atoms with Gasteiger partial charge in [0.2, 0.25) is 0 Å². The van der Waals surface area contributed by atoms with E-state index in [4.69, 9.17) is 18.9 Å². The van der Waals surface area contributed by atoms with Gasteiger partial charge in [-0.05, 0) is 43.2 Å². The fourth-order valence-corrected chi connectivity index (χ4v) is 2.77. The standard InChI is InChI=1S/C22H24N2O7/c1-14-3-4-15(2)18(11-14)28-8-7-21(26)31-13-20(25)24-22(27)23-16-5-6-17-19(12-16)30-10-9-29-17/h3-6,11-12H,7-10,13H2,1-2H3,(H2,23,24,25,27). The fraction of sp³-hybridized carbons (Fsp3) is 0.318. The van der Waals surface area contributed by atoms with Gasteiger partial charge in [0.25, 0.3) is 5.91 Å². The fourth-order valence-electron chi connectivity index (χ4n) is 2.77. The second-order valence-corrected chi connectivity index (χ2v) is 6.89. The summed E-state index contributed by atoms with van der Waals surface area (Å²) >= 11 is 0. The molecule has 0 aliphatic carbocycles. The summed E-state index contributed by atoms with van der Waals surface area (Å²) in [7, 11) is 0. The number of hydrogen-bond acceptors (Lipinski definition) is 7. The molecule has 0 saturated carbocycles. The van der Waals surface area contributed by atoms with Crippen LogP contribution in [0.25, 0.3) is 0 Å². The molecule has 164 valence electrons. The van der Waals surface area contributed by atoms with Crippen molar-refractivity contribution in [1.82, 2.24) is 5.32 Å². The second-order valence-electron chi connectivity index (χ2n) is 6.89. The molecule has 1 aliphatic heterocycles. The quantitative estimate of drug-likeness (QED) is 0.652. The number of benzene rings is 2. The summed E-state index contributed by atoms with van der Waals surface area (Å²) in [5, 5.41) is 4.60. The summed E-state index contributed by atoms with van der Waals surface area (Å²) in [5.74, 6) is 0.432. The summed E-state index contributed by atoms with van der Waals surface area (Å²) in [4.78, 5) is 35.6. The van der Waals surface area contributed by atoms with Gasteiger partial charge in [-0.25, -0.2) is 4.79 Å². The van der Waals surface area contributed by atoms with Crippen molar-refractivity contribution in [3.05, 3.63) is 47.5 Å². The lowest BCUT2D eigenvalue weighted by molar-refractivity contribution is -0.148. The molecule has 2 N–H and O–H groups in total. The van der Waals surface area contributed by atoms with Crippen molar-refractivity contribution in [1.29, 1.82) is 0 Å². The van der Waals surface area contributed by atoms with Crippen LogP contribution in [-0.2, 0) is 14.3 Å². The lowest BCUT2D eigenvalue weighted by Crippen LogP contribution is -2.37. The lowest BCUT2D eigenvalue weighted by atomic mass is 10.1. The molecule has 0 fully saturated rings. The molecule has 0 saturated heterocycles. The van der Waals surface area contributed by atoms with Crippen LogP contribution in [0.5, 0.6) is 17.2 Å². The van der Waals surface area contributed by atoms with Crippen LogP contribution in [0.4, 0.5) is 10.5 Å². The molecule has 0 atom stereocenters. The van der Waals surface area contributed by atoms with E-state index in [9.17, 15) is 14.4 Å². The number of amides is 3. The van der Waals surface area contributed by atoms with E-state index in [2.05, 4.69) is 10.6 Å². The Morgan fingerprint density at radius 3 is 2.58 bits per heavy atom. The van der Waals surface area contributed by atoms with Gasteiger partial charge in [-0.15, -0.1) is 0 Å². The number of anilines is 1. The zero-order valence-corrected chi connectivity index (χ0v) is 17.4. The average molecular weight is 428 g/mol. The number of carbonyl (C=O) groups is 3. The van der Waals surface area contributed by atoms with Gasteiger partial charge in [-0.1, -0.05) is 12.1 Å². The van der Waals surface area contributed by atoms with Crippen LogP contribution in [0.15, 0.2) is 36.4 Å². The number of aryl methyl sites for hydroxylation is 2. The van der Waals surface area contributed by atoms with Crippen LogP contribution in [0, 0.1) is 13.8 Å². The molecule has 1 aliphatic rings. The van der Waals surface area contributed by atoms with Gasteiger partial charge in [0.1, 0.15) is 19.0 Å². The largest absolute Gasteiger partial charge is 0.493 e. The van der Waals surface area contributed by atoms with E-state index in [0.29, 0.717) is 36.1 Å². The van der Waals surface area contributed by atoms with Gasteiger partial charge in [-0.3, -0.25) is 14.9 Å². The molecule has 0 radical (unpaired) electrons. The van der Waals surface area contributed by atoms with Crippen LogP contribution in [-0.4, -0.2) is 44.3 Å². The number of esters is 1. The van der Waals surface area contributed by atoms with Crippen LogP contribution in [0.2, 0.25) is 0 Å². The molecule has 9 heteroatoms. The molecule has 0 spiro atoms. The smallest absolute Gasteiger partial charge is 0.325 e. The van der Waals surface area contributed by atoms with Crippen LogP contribution < -0.4 is 24.8 Å². The lowest BCUT2D eigenvalue weighted by Gasteiger charge is -2.19. The Kier molecular flexibility index (Phi) is 7.31. The molecule has 0 aromatic heterocycles. The van der Waals surface area contributed by atoms with Crippen LogP contribution in [0.1, 0.15) is 17.5 Å². The maximum atomic E-state index is 11.9. The summed E-state index contributed by atoms with van der Waals surface area (Å²) in [6.07, 6.45) is -0.0238. The highest BCUT2D eigenvalue weighted by molar-refractivity contribution is 6.02. The minimum atomic E-state index is -0.754. The Bertz CT molecular complexity index is 974. The molecule has 2 aromatic carbocycles. The third-order valence-electron chi connectivity index (χ3n) is 4.32. The SMILES string of the molecule is Cc1ccc(C)c(OCCC(=O)OCC(=O)NC(=O)Nc2ccc3c(c2)OCCO3)c1. The first-order valence-corrected chi connectivity index (χ1v) is 9.77. The predicted molar refractivity (Wildman–Crippen MR) is 112 cm³/mol. The zero-order chi connectivity index (χ0) is 22.2. The third kappa shape index (κ3) is 6.63. The highest BCUT2D eigenvalue weighted by Crippen LogP contribution is 2.32. The Morgan fingerprint density at radius 1 is 1.00 bits per heavy atom. The number of ether oxygens (including phenoxy) is 4. The van der Waals surface area contributed by atoms with Crippen molar-refractivity contribution >= 4 is 23.6 Å². The molecule has 2 aromatic rings. The number of carbonyl (C=O) groups excluding carboxylic acids is 3. The summed E-state index contributed by atoms with van der Waals surface area (Å²) < 4.78 is 21.3. The van der Waals surface area contributed by atoms with E-state index in [-0.39, 0.29) is 13.0 Å². The van der Waals surface area contributed by atoms with Gasteiger partial charge in [0.05, 0.1) is 13.0 Å². The monoisotopic (exact) mass is 428 g/mol. The first kappa shape index (κ1) is 21.9. The number of hydrogen-bond donors (Lipinski definition) is 2. The Hall–Kier alpha value is -3.75. The number of urea groups is 1. The topological polar surface area (TPSA) is 112 Å². The van der Waals surface area contributed by atoms with Crippen molar-refractivity contribution in [2.75, 3.05) is 31.7 Å². The molecule has 3 rings (SSSR count). The molecular weight excluding hydrogens is 404 g/mol. The first-order valence-electron chi connectivity index (χ1n) is 9.77. The maximum Gasteiger partial charge on any atom is 0.325 e. The number of rotatable bonds is 7. The number of imide groups is 1. The summed E-state index contributed by atoms with van der Waals surface area (Å²) in [6, 6.07) is 9.91. The number of nitrogens with one attached hydrogen (secondary N) is 2. The van der Waals surface area contributed by atoms with E-state index in [1.54, 1.807) is 18.2 Å². The van der Waals surface area contributed by atoms with E-state index in [0.717, 1.165) is 11.1 Å². The number of fused-ring (bicyclic) bond motifs is 1. The van der Waals surface area contributed by atoms with E-state index in [1.165, 1.54) is 0 Å². The maximum absolute atomic E-state index is 11.9. The Balaban J connectivity index is 1.36. The molecule has 3 amide bonds. The van der Waals surface area contributed by atoms with Crippen molar-refractivity contribution in [2.24, 2.45) is 0 Å². The van der Waals surface area contributed by atoms with E-state index in [1.807, 2.05) is 32.0 Å². The first-order chi connectivity index (χ1) is 14.9. The van der Waals surface area contributed by atoms with Crippen molar-refractivity contribution in [3.63, 3.8) is 0 Å². The molecule has 0 bridgehead atoms. The van der Waals surface area contributed by atoms with Gasteiger partial charge in [0, 0.05) is 11.8 Å². The minimum absolute atomic E-state index is 0.0238.